The number of rotatable bonds is 2. The first kappa shape index (κ1) is 10.1. The van der Waals surface area contributed by atoms with Gasteiger partial charge in [-0.15, -0.1) is 0 Å². The Morgan fingerprint density at radius 2 is 1.07 bits per heavy atom. The van der Waals surface area contributed by atoms with Crippen LogP contribution in [0.3, 0.4) is 0 Å². The van der Waals surface area contributed by atoms with Gasteiger partial charge < -0.3 is 14.2 Å². The summed E-state index contributed by atoms with van der Waals surface area (Å²) in [4.78, 5) is 0. The zero-order valence-electron chi connectivity index (χ0n) is 9.19. The lowest BCUT2D eigenvalue weighted by molar-refractivity contribution is -0.0439. The fourth-order valence-electron chi connectivity index (χ4n) is 2.49. The highest BCUT2D eigenvalue weighted by Gasteiger charge is 2.40. The van der Waals surface area contributed by atoms with Crippen molar-refractivity contribution in [1.82, 2.24) is 0 Å². The van der Waals surface area contributed by atoms with Crippen LogP contribution in [0.15, 0.2) is 0 Å². The SMILES string of the molecule is C1CCCC(C2CO2)OC(C2CO2)CC1. The highest BCUT2D eigenvalue weighted by molar-refractivity contribution is 4.86. The van der Waals surface area contributed by atoms with E-state index >= 15 is 0 Å². The molecule has 0 radical (unpaired) electrons. The van der Waals surface area contributed by atoms with Crippen molar-refractivity contribution in [2.24, 2.45) is 0 Å². The molecular weight excluding hydrogens is 192 g/mol. The Morgan fingerprint density at radius 3 is 1.47 bits per heavy atom. The molecule has 3 heterocycles. The minimum Gasteiger partial charge on any atom is -0.370 e. The molecule has 86 valence electrons. The summed E-state index contributed by atoms with van der Waals surface area (Å²) in [5.41, 5.74) is 0. The van der Waals surface area contributed by atoms with Crippen molar-refractivity contribution in [2.75, 3.05) is 13.2 Å². The third-order valence-corrected chi connectivity index (χ3v) is 3.62. The van der Waals surface area contributed by atoms with Crippen molar-refractivity contribution < 1.29 is 14.2 Å². The Balaban J connectivity index is 1.60. The van der Waals surface area contributed by atoms with E-state index in [0.29, 0.717) is 24.4 Å². The van der Waals surface area contributed by atoms with Crippen LogP contribution in [0.25, 0.3) is 0 Å². The number of epoxide rings is 2. The lowest BCUT2D eigenvalue weighted by Crippen LogP contribution is -2.29. The number of hydrogen-bond acceptors (Lipinski definition) is 3. The minimum atomic E-state index is 0.345. The molecule has 3 nitrogen and oxygen atoms in total. The van der Waals surface area contributed by atoms with Crippen LogP contribution in [0.1, 0.15) is 38.5 Å². The zero-order chi connectivity index (χ0) is 10.1. The van der Waals surface area contributed by atoms with Gasteiger partial charge in [-0.25, -0.2) is 0 Å². The van der Waals surface area contributed by atoms with E-state index in [0.717, 1.165) is 13.2 Å². The molecular formula is C12H20O3. The first-order chi connectivity index (χ1) is 7.43. The minimum absolute atomic E-state index is 0.345. The van der Waals surface area contributed by atoms with Gasteiger partial charge >= 0.3 is 0 Å². The third kappa shape index (κ3) is 2.71. The molecule has 3 aliphatic heterocycles. The molecule has 4 unspecified atom stereocenters. The van der Waals surface area contributed by atoms with Gasteiger partial charge in [0.1, 0.15) is 12.2 Å². The molecule has 3 aliphatic rings. The van der Waals surface area contributed by atoms with Crippen LogP contribution in [0.2, 0.25) is 0 Å². The van der Waals surface area contributed by atoms with Crippen LogP contribution in [-0.2, 0) is 14.2 Å². The van der Waals surface area contributed by atoms with E-state index in [-0.39, 0.29) is 0 Å². The second-order valence-electron chi connectivity index (χ2n) is 4.95. The highest BCUT2D eigenvalue weighted by atomic mass is 16.6. The maximum Gasteiger partial charge on any atom is 0.107 e. The molecule has 0 spiro atoms. The van der Waals surface area contributed by atoms with E-state index in [9.17, 15) is 0 Å². The Labute approximate surface area is 91.1 Å². The Bertz CT molecular complexity index is 189. The molecule has 3 rings (SSSR count). The topological polar surface area (TPSA) is 34.3 Å². The lowest BCUT2D eigenvalue weighted by Gasteiger charge is -2.21. The molecule has 0 amide bonds. The summed E-state index contributed by atoms with van der Waals surface area (Å²) in [6, 6.07) is 0. The van der Waals surface area contributed by atoms with E-state index < -0.39 is 0 Å². The number of hydrogen-bond donors (Lipinski definition) is 0. The molecule has 0 saturated carbocycles. The molecule has 0 aromatic heterocycles. The molecule has 0 aromatic carbocycles. The summed E-state index contributed by atoms with van der Waals surface area (Å²) in [7, 11) is 0. The van der Waals surface area contributed by atoms with Gasteiger partial charge in [-0.1, -0.05) is 25.7 Å². The second kappa shape index (κ2) is 4.40. The van der Waals surface area contributed by atoms with Gasteiger partial charge in [0.2, 0.25) is 0 Å². The summed E-state index contributed by atoms with van der Waals surface area (Å²) in [5, 5.41) is 0. The van der Waals surface area contributed by atoms with Crippen LogP contribution < -0.4 is 0 Å². The molecule has 0 N–H and O–H groups in total. The van der Waals surface area contributed by atoms with Crippen molar-refractivity contribution >= 4 is 0 Å². The second-order valence-corrected chi connectivity index (χ2v) is 4.95. The standard InChI is InChI=1S/C12H20O3/c1-2-4-6-10(12-8-14-12)15-9(5-3-1)11-7-13-11/h9-12H,1-8H2. The average molecular weight is 212 g/mol. The maximum absolute atomic E-state index is 6.17. The third-order valence-electron chi connectivity index (χ3n) is 3.62. The van der Waals surface area contributed by atoms with E-state index in [4.69, 9.17) is 14.2 Å². The van der Waals surface area contributed by atoms with Gasteiger partial charge in [-0.3, -0.25) is 0 Å². The molecule has 4 atom stereocenters. The first-order valence-electron chi connectivity index (χ1n) is 6.32. The van der Waals surface area contributed by atoms with Crippen LogP contribution in [0.5, 0.6) is 0 Å². The highest BCUT2D eigenvalue weighted by Crippen LogP contribution is 2.30. The van der Waals surface area contributed by atoms with Crippen LogP contribution in [0, 0.1) is 0 Å². The van der Waals surface area contributed by atoms with Crippen molar-refractivity contribution in [1.29, 1.82) is 0 Å². The average Bonchev–Trinajstić information content (AvgIpc) is 3.06. The van der Waals surface area contributed by atoms with Gasteiger partial charge in [0.25, 0.3) is 0 Å². The quantitative estimate of drug-likeness (QED) is 0.655. The van der Waals surface area contributed by atoms with Crippen LogP contribution in [-0.4, -0.2) is 37.6 Å². The largest absolute Gasteiger partial charge is 0.370 e. The monoisotopic (exact) mass is 212 g/mol. The summed E-state index contributed by atoms with van der Waals surface area (Å²) in [6.07, 6.45) is 9.12. The van der Waals surface area contributed by atoms with Crippen molar-refractivity contribution in [3.63, 3.8) is 0 Å². The Morgan fingerprint density at radius 1 is 0.600 bits per heavy atom. The molecule has 0 bridgehead atoms. The van der Waals surface area contributed by atoms with Gasteiger partial charge in [0.15, 0.2) is 0 Å². The molecule has 0 aromatic rings. The predicted molar refractivity (Wildman–Crippen MR) is 55.8 cm³/mol. The van der Waals surface area contributed by atoms with Crippen molar-refractivity contribution in [2.45, 2.75) is 62.9 Å². The van der Waals surface area contributed by atoms with Gasteiger partial charge in [-0.05, 0) is 12.8 Å². The molecule has 3 saturated heterocycles. The van der Waals surface area contributed by atoms with Gasteiger partial charge in [0.05, 0.1) is 25.4 Å². The molecule has 15 heavy (non-hydrogen) atoms. The Kier molecular flexibility index (Phi) is 2.95. The van der Waals surface area contributed by atoms with E-state index in [2.05, 4.69) is 0 Å². The fraction of sp³-hybridized carbons (Fsp3) is 1.00. The predicted octanol–water partition coefficient (Wildman–Crippen LogP) is 1.89. The summed E-state index contributed by atoms with van der Waals surface area (Å²) in [5.74, 6) is 0. The molecule has 3 fully saturated rings. The van der Waals surface area contributed by atoms with Gasteiger partial charge in [-0.2, -0.15) is 0 Å². The van der Waals surface area contributed by atoms with Crippen molar-refractivity contribution in [3.8, 4) is 0 Å². The zero-order valence-corrected chi connectivity index (χ0v) is 9.19. The maximum atomic E-state index is 6.17. The molecule has 3 heteroatoms. The van der Waals surface area contributed by atoms with E-state index in [1.165, 1.54) is 38.5 Å². The van der Waals surface area contributed by atoms with Gasteiger partial charge in [0, 0.05) is 0 Å². The smallest absolute Gasteiger partial charge is 0.107 e. The lowest BCUT2D eigenvalue weighted by atomic mass is 10.1. The number of ether oxygens (including phenoxy) is 3. The van der Waals surface area contributed by atoms with E-state index in [1.54, 1.807) is 0 Å². The van der Waals surface area contributed by atoms with E-state index in [1.807, 2.05) is 0 Å². The molecule has 0 aliphatic carbocycles. The summed E-state index contributed by atoms with van der Waals surface area (Å²) < 4.78 is 16.9. The van der Waals surface area contributed by atoms with Crippen LogP contribution >= 0.6 is 0 Å². The summed E-state index contributed by atoms with van der Waals surface area (Å²) in [6.45, 7) is 1.81. The summed E-state index contributed by atoms with van der Waals surface area (Å²) >= 11 is 0. The fourth-order valence-corrected chi connectivity index (χ4v) is 2.49. The first-order valence-corrected chi connectivity index (χ1v) is 6.32. The van der Waals surface area contributed by atoms with Crippen molar-refractivity contribution in [3.05, 3.63) is 0 Å². The normalized spacial score (nSPS) is 46.4. The Hall–Kier alpha value is -0.120. The van der Waals surface area contributed by atoms with Crippen LogP contribution in [0.4, 0.5) is 0 Å².